The topological polar surface area (TPSA) is 99.2 Å². The lowest BCUT2D eigenvalue weighted by Gasteiger charge is -2.42. The molecule has 2 aromatic rings. The zero-order chi connectivity index (χ0) is 26.6. The number of carbonyl (C=O) groups is 3. The molecule has 4 rings (SSSR count). The molecule has 0 aliphatic carbocycles. The Morgan fingerprint density at radius 2 is 1.57 bits per heavy atom. The number of alkyl halides is 3. The normalized spacial score (nSPS) is 20.8. The lowest BCUT2D eigenvalue weighted by molar-refractivity contribution is -0.137. The van der Waals surface area contributed by atoms with Crippen molar-refractivity contribution in [2.45, 2.75) is 43.5 Å². The molecule has 2 aliphatic heterocycles. The van der Waals surface area contributed by atoms with Gasteiger partial charge in [-0.15, -0.1) is 0 Å². The first-order valence-electron chi connectivity index (χ1n) is 12.1. The number of benzene rings is 2. The largest absolute Gasteiger partial charge is 0.506 e. The number of hydrogen-bond acceptors (Lipinski definition) is 4. The Hall–Kier alpha value is -3.76. The highest BCUT2D eigenvalue weighted by atomic mass is 19.4. The predicted molar refractivity (Wildman–Crippen MR) is 127 cm³/mol. The van der Waals surface area contributed by atoms with Crippen molar-refractivity contribution < 1.29 is 37.4 Å². The van der Waals surface area contributed by atoms with Gasteiger partial charge in [0.2, 0.25) is 0 Å². The highest BCUT2D eigenvalue weighted by Gasteiger charge is 2.36. The van der Waals surface area contributed by atoms with E-state index in [-0.39, 0.29) is 30.9 Å². The van der Waals surface area contributed by atoms with Crippen LogP contribution >= 0.6 is 0 Å². The minimum atomic E-state index is -4.45. The Bertz CT molecular complexity index is 1100. The van der Waals surface area contributed by atoms with Crippen LogP contribution in [0, 0.1) is 0 Å². The van der Waals surface area contributed by atoms with Gasteiger partial charge in [-0.25, -0.2) is 9.59 Å². The summed E-state index contributed by atoms with van der Waals surface area (Å²) in [7, 11) is 0. The molecule has 0 bridgehead atoms. The molecule has 2 heterocycles. The molecule has 0 radical (unpaired) electrons. The second kappa shape index (κ2) is 11.1. The Morgan fingerprint density at radius 3 is 2.16 bits per heavy atom. The van der Waals surface area contributed by atoms with E-state index in [1.54, 1.807) is 40.1 Å². The summed E-state index contributed by atoms with van der Waals surface area (Å²) in [5.41, 5.74) is 0.371. The molecule has 8 nitrogen and oxygen atoms in total. The summed E-state index contributed by atoms with van der Waals surface area (Å²) in [4.78, 5) is 40.2. The average Bonchev–Trinajstić information content (AvgIpc) is 2.88. The van der Waals surface area contributed by atoms with Crippen LogP contribution in [0.1, 0.15) is 46.7 Å². The van der Waals surface area contributed by atoms with Gasteiger partial charge in [0, 0.05) is 56.5 Å². The van der Waals surface area contributed by atoms with Gasteiger partial charge in [-0.2, -0.15) is 13.2 Å². The van der Waals surface area contributed by atoms with E-state index in [9.17, 15) is 27.6 Å². The number of ether oxygens (including phenoxy) is 1. The molecule has 2 N–H and O–H groups in total. The molecule has 37 heavy (non-hydrogen) atoms. The molecular weight excluding hydrogens is 491 g/mol. The zero-order valence-electron chi connectivity index (χ0n) is 20.0. The van der Waals surface area contributed by atoms with Crippen molar-refractivity contribution in [2.75, 3.05) is 26.2 Å². The number of piperidine rings is 2. The summed E-state index contributed by atoms with van der Waals surface area (Å²) in [5, 5.41) is 11.8. The fourth-order valence-electron chi connectivity index (χ4n) is 4.91. The van der Waals surface area contributed by atoms with E-state index in [0.29, 0.717) is 43.5 Å². The van der Waals surface area contributed by atoms with Crippen LogP contribution in [0.15, 0.2) is 54.6 Å². The van der Waals surface area contributed by atoms with Crippen LogP contribution in [-0.4, -0.2) is 71.3 Å². The molecule has 0 spiro atoms. The van der Waals surface area contributed by atoms with Crippen LogP contribution in [0.4, 0.5) is 22.8 Å². The maximum absolute atomic E-state index is 13.4. The third-order valence-electron chi connectivity index (χ3n) is 6.78. The first kappa shape index (κ1) is 26.3. The number of hydrogen-bond donors (Lipinski definition) is 2. The maximum atomic E-state index is 13.4. The van der Waals surface area contributed by atoms with Crippen LogP contribution in [0.2, 0.25) is 0 Å². The Labute approximate surface area is 212 Å². The van der Waals surface area contributed by atoms with Crippen LogP contribution in [0.25, 0.3) is 0 Å². The van der Waals surface area contributed by atoms with Crippen molar-refractivity contribution >= 4 is 18.1 Å². The summed E-state index contributed by atoms with van der Waals surface area (Å²) in [6.07, 6.45) is -5.05. The number of halogens is 3. The number of likely N-dealkylation sites (tertiary alicyclic amines) is 2. The number of nitrogens with zero attached hydrogens (tertiary/aromatic N) is 2. The number of urea groups is 1. The van der Waals surface area contributed by atoms with Crippen LogP contribution in [0.5, 0.6) is 0 Å². The molecule has 2 fully saturated rings. The molecular formula is C26H28F3N3O5. The summed E-state index contributed by atoms with van der Waals surface area (Å²) in [6.45, 7) is 1.17. The van der Waals surface area contributed by atoms with Gasteiger partial charge < -0.3 is 25.0 Å². The second-order valence-corrected chi connectivity index (χ2v) is 9.35. The number of carboxylic acid groups (broad SMARTS) is 1. The van der Waals surface area contributed by atoms with Crippen LogP contribution < -0.4 is 5.32 Å². The Morgan fingerprint density at radius 1 is 0.919 bits per heavy atom. The first-order valence-corrected chi connectivity index (χ1v) is 12.1. The smallest absolute Gasteiger partial charge is 0.450 e. The maximum Gasteiger partial charge on any atom is 0.506 e. The number of rotatable bonds is 4. The standard InChI is InChI=1S/C26H28F3N3O5/c27-26(28,29)20-8-6-17(7-9-20)19-14-21(30-23(33)18-4-2-1-3-5-18)16-32(15-19)24(34)31-12-10-22(11-13-31)37-25(35)36/h1-9,19,21-22H,10-16H2,(H,30,33)(H,35,36). The van der Waals surface area contributed by atoms with Crippen molar-refractivity contribution in [3.63, 3.8) is 0 Å². The fourth-order valence-corrected chi connectivity index (χ4v) is 4.91. The summed E-state index contributed by atoms with van der Waals surface area (Å²) in [6, 6.07) is 12.9. The Balaban J connectivity index is 1.49. The SMILES string of the molecule is O=C(O)OC1CCN(C(=O)N2CC(NC(=O)c3ccccc3)CC(c3ccc(C(F)(F)F)cc3)C2)CC1. The average molecular weight is 520 g/mol. The highest BCUT2D eigenvalue weighted by molar-refractivity contribution is 5.94. The van der Waals surface area contributed by atoms with Gasteiger partial charge in [0.1, 0.15) is 6.10 Å². The van der Waals surface area contributed by atoms with E-state index in [4.69, 9.17) is 9.84 Å². The molecule has 3 amide bonds. The molecule has 0 saturated carbocycles. The number of carbonyl (C=O) groups excluding carboxylic acids is 2. The van der Waals surface area contributed by atoms with Gasteiger partial charge in [0.15, 0.2) is 0 Å². The van der Waals surface area contributed by atoms with Crippen molar-refractivity contribution in [1.82, 2.24) is 15.1 Å². The predicted octanol–water partition coefficient (Wildman–Crippen LogP) is 4.57. The molecule has 0 aromatic heterocycles. The Kier molecular flexibility index (Phi) is 7.89. The summed E-state index contributed by atoms with van der Waals surface area (Å²) >= 11 is 0. The molecule has 2 unspecified atom stereocenters. The minimum Gasteiger partial charge on any atom is -0.450 e. The van der Waals surface area contributed by atoms with E-state index < -0.39 is 30.0 Å². The monoisotopic (exact) mass is 519 g/mol. The van der Waals surface area contributed by atoms with Crippen LogP contribution in [-0.2, 0) is 10.9 Å². The van der Waals surface area contributed by atoms with Gasteiger partial charge in [-0.1, -0.05) is 30.3 Å². The highest BCUT2D eigenvalue weighted by Crippen LogP contribution is 2.33. The van der Waals surface area contributed by atoms with Gasteiger partial charge in [0.05, 0.1) is 5.56 Å². The molecule has 2 aromatic carbocycles. The summed E-state index contributed by atoms with van der Waals surface area (Å²) < 4.78 is 44.0. The van der Waals surface area contributed by atoms with Crippen molar-refractivity contribution in [1.29, 1.82) is 0 Å². The fraction of sp³-hybridized carbons (Fsp3) is 0.423. The van der Waals surface area contributed by atoms with E-state index in [0.717, 1.165) is 12.1 Å². The van der Waals surface area contributed by atoms with Gasteiger partial charge in [-0.3, -0.25) is 4.79 Å². The van der Waals surface area contributed by atoms with Crippen molar-refractivity contribution in [3.05, 3.63) is 71.3 Å². The summed E-state index contributed by atoms with van der Waals surface area (Å²) in [5.74, 6) is -0.577. The quantitative estimate of drug-likeness (QED) is 0.577. The molecule has 198 valence electrons. The van der Waals surface area contributed by atoms with Crippen LogP contribution in [0.3, 0.4) is 0 Å². The lowest BCUT2D eigenvalue weighted by atomic mass is 9.87. The third-order valence-corrected chi connectivity index (χ3v) is 6.78. The molecule has 2 atom stereocenters. The molecule has 11 heteroatoms. The lowest BCUT2D eigenvalue weighted by Crippen LogP contribution is -2.56. The van der Waals surface area contributed by atoms with E-state index in [1.807, 2.05) is 0 Å². The van der Waals surface area contributed by atoms with Gasteiger partial charge in [0.25, 0.3) is 5.91 Å². The van der Waals surface area contributed by atoms with E-state index >= 15 is 0 Å². The number of nitrogens with one attached hydrogen (secondary N) is 1. The van der Waals surface area contributed by atoms with Gasteiger partial charge in [-0.05, 0) is 36.2 Å². The van der Waals surface area contributed by atoms with E-state index in [1.165, 1.54) is 12.1 Å². The van der Waals surface area contributed by atoms with Crippen molar-refractivity contribution in [3.8, 4) is 0 Å². The molecule has 2 saturated heterocycles. The van der Waals surface area contributed by atoms with Gasteiger partial charge >= 0.3 is 18.4 Å². The van der Waals surface area contributed by atoms with Crippen molar-refractivity contribution in [2.24, 2.45) is 0 Å². The second-order valence-electron chi connectivity index (χ2n) is 9.35. The third kappa shape index (κ3) is 6.72. The minimum absolute atomic E-state index is 0.250. The van der Waals surface area contributed by atoms with E-state index in [2.05, 4.69) is 5.32 Å². The molecule has 2 aliphatic rings. The zero-order valence-corrected chi connectivity index (χ0v) is 20.0. The first-order chi connectivity index (χ1) is 17.6. The number of amides is 3.